The lowest BCUT2D eigenvalue weighted by Gasteiger charge is -2.14. The molecule has 0 radical (unpaired) electrons. The number of ether oxygens (including phenoxy) is 1. The van der Waals surface area contributed by atoms with E-state index >= 15 is 0 Å². The van der Waals surface area contributed by atoms with E-state index in [9.17, 15) is 22.8 Å². The summed E-state index contributed by atoms with van der Waals surface area (Å²) in [4.78, 5) is 28.0. The highest BCUT2D eigenvalue weighted by molar-refractivity contribution is 5.93. The predicted octanol–water partition coefficient (Wildman–Crippen LogP) is 2.91. The van der Waals surface area contributed by atoms with Gasteiger partial charge in [-0.25, -0.2) is 14.5 Å². The van der Waals surface area contributed by atoms with Gasteiger partial charge in [-0.15, -0.1) is 0 Å². The number of hydrogen-bond donors (Lipinski definition) is 1. The first-order chi connectivity index (χ1) is 13.0. The molecule has 2 rings (SSSR count). The number of halogens is 3. The van der Waals surface area contributed by atoms with Crippen LogP contribution in [0.3, 0.4) is 0 Å². The van der Waals surface area contributed by atoms with E-state index in [-0.39, 0.29) is 17.3 Å². The normalized spacial score (nSPS) is 12.7. The molecule has 0 aromatic carbocycles. The van der Waals surface area contributed by atoms with Gasteiger partial charge in [0.25, 0.3) is 5.91 Å². The molecule has 2 aromatic heterocycles. The molecular weight excluding hydrogens is 377 g/mol. The van der Waals surface area contributed by atoms with E-state index in [2.05, 4.69) is 15.4 Å². The van der Waals surface area contributed by atoms with E-state index in [0.29, 0.717) is 18.4 Å². The van der Waals surface area contributed by atoms with E-state index in [1.165, 1.54) is 17.8 Å². The van der Waals surface area contributed by atoms with Crippen molar-refractivity contribution in [1.82, 2.24) is 20.1 Å². The average Bonchev–Trinajstić information content (AvgIpc) is 3.00. The summed E-state index contributed by atoms with van der Waals surface area (Å²) in [7, 11) is 0. The Balaban J connectivity index is 2.11. The van der Waals surface area contributed by atoms with Crippen molar-refractivity contribution in [1.29, 1.82) is 0 Å². The van der Waals surface area contributed by atoms with Crippen molar-refractivity contribution >= 4 is 11.9 Å². The lowest BCUT2D eigenvalue weighted by Crippen LogP contribution is -2.37. The third-order valence-electron chi connectivity index (χ3n) is 3.86. The van der Waals surface area contributed by atoms with Gasteiger partial charge in [0, 0.05) is 12.7 Å². The largest absolute Gasteiger partial charge is 0.449 e. The van der Waals surface area contributed by atoms with Gasteiger partial charge in [-0.3, -0.25) is 4.79 Å². The van der Waals surface area contributed by atoms with Crippen LogP contribution in [0, 0.1) is 12.8 Å². The molecule has 0 saturated heterocycles. The maximum absolute atomic E-state index is 12.6. The van der Waals surface area contributed by atoms with Gasteiger partial charge in [0.05, 0.1) is 17.5 Å². The van der Waals surface area contributed by atoms with E-state index in [0.717, 1.165) is 12.1 Å². The molecule has 2 aromatic rings. The van der Waals surface area contributed by atoms with E-state index in [1.807, 2.05) is 13.8 Å². The van der Waals surface area contributed by atoms with Gasteiger partial charge < -0.3 is 10.1 Å². The lowest BCUT2D eigenvalue weighted by atomic mass is 10.2. The zero-order valence-electron chi connectivity index (χ0n) is 15.9. The van der Waals surface area contributed by atoms with Gasteiger partial charge in [0.1, 0.15) is 5.56 Å². The van der Waals surface area contributed by atoms with Crippen molar-refractivity contribution in [2.24, 2.45) is 5.92 Å². The maximum atomic E-state index is 12.6. The average molecular weight is 398 g/mol. The number of carbonyl (C=O) groups excluding carboxylic acids is 2. The Labute approximate surface area is 159 Å². The Bertz CT molecular complexity index is 845. The molecule has 0 aliphatic heterocycles. The van der Waals surface area contributed by atoms with Crippen LogP contribution >= 0.6 is 0 Å². The second kappa shape index (κ2) is 8.41. The summed E-state index contributed by atoms with van der Waals surface area (Å²) in [5.74, 6) is -0.810. The smallest absolute Gasteiger partial charge is 0.417 e. The first-order valence-corrected chi connectivity index (χ1v) is 8.57. The molecule has 0 fully saturated rings. The van der Waals surface area contributed by atoms with Crippen molar-refractivity contribution in [3.63, 3.8) is 0 Å². The molecule has 10 heteroatoms. The summed E-state index contributed by atoms with van der Waals surface area (Å²) < 4.78 is 44.3. The third-order valence-corrected chi connectivity index (χ3v) is 3.86. The maximum Gasteiger partial charge on any atom is 0.417 e. The quantitative estimate of drug-likeness (QED) is 0.757. The number of hydrogen-bond acceptors (Lipinski definition) is 5. The van der Waals surface area contributed by atoms with Crippen molar-refractivity contribution < 1.29 is 27.5 Å². The topological polar surface area (TPSA) is 86.1 Å². The number of rotatable bonds is 6. The van der Waals surface area contributed by atoms with Crippen molar-refractivity contribution in [3.05, 3.63) is 41.3 Å². The van der Waals surface area contributed by atoms with Crippen LogP contribution in [0.15, 0.2) is 24.5 Å². The Morgan fingerprint density at radius 3 is 2.43 bits per heavy atom. The molecule has 0 aliphatic rings. The van der Waals surface area contributed by atoms with E-state index in [1.54, 1.807) is 6.92 Å². The summed E-state index contributed by atoms with van der Waals surface area (Å²) in [6.07, 6.45) is -3.59. The molecule has 1 N–H and O–H groups in total. The zero-order chi connectivity index (χ0) is 21.1. The van der Waals surface area contributed by atoms with Crippen LogP contribution in [0.2, 0.25) is 0 Å². The van der Waals surface area contributed by atoms with Crippen LogP contribution in [0.25, 0.3) is 5.82 Å². The van der Waals surface area contributed by atoms with Gasteiger partial charge in [0.15, 0.2) is 11.9 Å². The first-order valence-electron chi connectivity index (χ1n) is 8.57. The number of nitrogens with zero attached hydrogens (tertiary/aromatic N) is 3. The zero-order valence-corrected chi connectivity index (χ0v) is 15.9. The SMILES string of the molecule is Cc1c(C(=O)OC(C)C(=O)NCC(C)C)cnn1-c1ccc(C(F)(F)F)cn1. The highest BCUT2D eigenvalue weighted by Gasteiger charge is 2.31. The van der Waals surface area contributed by atoms with Crippen molar-refractivity contribution in [2.45, 2.75) is 40.0 Å². The standard InChI is InChI=1S/C18H21F3N4O3/c1-10(2)7-23-16(26)12(4)28-17(27)14-9-24-25(11(14)3)15-6-5-13(8-22-15)18(19,20)21/h5-6,8-10,12H,7H2,1-4H3,(H,23,26). The fourth-order valence-corrected chi connectivity index (χ4v) is 2.25. The number of nitrogens with one attached hydrogen (secondary N) is 1. The molecule has 1 atom stereocenters. The van der Waals surface area contributed by atoms with Crippen LogP contribution in [0.4, 0.5) is 13.2 Å². The molecule has 7 nitrogen and oxygen atoms in total. The fourth-order valence-electron chi connectivity index (χ4n) is 2.25. The summed E-state index contributed by atoms with van der Waals surface area (Å²) >= 11 is 0. The van der Waals surface area contributed by atoms with Crippen LogP contribution in [0.1, 0.15) is 42.4 Å². The third kappa shape index (κ3) is 5.08. The highest BCUT2D eigenvalue weighted by atomic mass is 19.4. The molecular formula is C18H21F3N4O3. The van der Waals surface area contributed by atoms with Crippen LogP contribution in [0.5, 0.6) is 0 Å². The van der Waals surface area contributed by atoms with Gasteiger partial charge in [-0.1, -0.05) is 13.8 Å². The van der Waals surface area contributed by atoms with Crippen molar-refractivity contribution in [2.75, 3.05) is 6.54 Å². The highest BCUT2D eigenvalue weighted by Crippen LogP contribution is 2.28. The number of carbonyl (C=O) groups is 2. The van der Waals surface area contributed by atoms with Gasteiger partial charge in [0.2, 0.25) is 0 Å². The summed E-state index contributed by atoms with van der Waals surface area (Å²) in [5, 5.41) is 6.64. The Morgan fingerprint density at radius 1 is 1.21 bits per heavy atom. The second-order valence-corrected chi connectivity index (χ2v) is 6.64. The van der Waals surface area contributed by atoms with Gasteiger partial charge >= 0.3 is 12.1 Å². The van der Waals surface area contributed by atoms with Gasteiger partial charge in [-0.2, -0.15) is 18.3 Å². The molecule has 0 spiro atoms. The molecule has 1 unspecified atom stereocenters. The molecule has 0 aliphatic carbocycles. The van der Waals surface area contributed by atoms with E-state index < -0.39 is 29.7 Å². The predicted molar refractivity (Wildman–Crippen MR) is 93.8 cm³/mol. The summed E-state index contributed by atoms with van der Waals surface area (Å²) in [6.45, 7) is 7.32. The monoisotopic (exact) mass is 398 g/mol. The fraction of sp³-hybridized carbons (Fsp3) is 0.444. The molecule has 152 valence electrons. The number of esters is 1. The number of aromatic nitrogens is 3. The molecule has 2 heterocycles. The van der Waals surface area contributed by atoms with Crippen LogP contribution in [-0.4, -0.2) is 39.3 Å². The molecule has 28 heavy (non-hydrogen) atoms. The summed E-state index contributed by atoms with van der Waals surface area (Å²) in [5.41, 5.74) is -0.473. The molecule has 1 amide bonds. The minimum absolute atomic E-state index is 0.0882. The van der Waals surface area contributed by atoms with Crippen LogP contribution in [-0.2, 0) is 15.7 Å². The summed E-state index contributed by atoms with van der Waals surface area (Å²) in [6, 6.07) is 2.03. The first kappa shape index (κ1) is 21.4. The molecule has 0 bridgehead atoms. The Hall–Kier alpha value is -2.91. The number of pyridine rings is 1. The molecule has 0 saturated carbocycles. The number of amides is 1. The van der Waals surface area contributed by atoms with Gasteiger partial charge in [-0.05, 0) is 31.9 Å². The second-order valence-electron chi connectivity index (χ2n) is 6.64. The van der Waals surface area contributed by atoms with Crippen molar-refractivity contribution in [3.8, 4) is 5.82 Å². The van der Waals surface area contributed by atoms with E-state index in [4.69, 9.17) is 4.74 Å². The number of alkyl halides is 3. The van der Waals surface area contributed by atoms with Crippen LogP contribution < -0.4 is 5.32 Å². The lowest BCUT2D eigenvalue weighted by molar-refractivity contribution is -0.137. The minimum Gasteiger partial charge on any atom is -0.449 e. The Morgan fingerprint density at radius 2 is 1.89 bits per heavy atom. The minimum atomic E-state index is -4.49. The Kier molecular flexibility index (Phi) is 6.42.